The fourth-order valence-corrected chi connectivity index (χ4v) is 1.77. The van der Waals surface area contributed by atoms with Crippen molar-refractivity contribution in [1.82, 2.24) is 5.32 Å². The lowest BCUT2D eigenvalue weighted by Crippen LogP contribution is -2.32. The van der Waals surface area contributed by atoms with Gasteiger partial charge in [0.1, 0.15) is 5.78 Å². The van der Waals surface area contributed by atoms with E-state index >= 15 is 0 Å². The lowest BCUT2D eigenvalue weighted by molar-refractivity contribution is -0.124. The summed E-state index contributed by atoms with van der Waals surface area (Å²) in [5, 5.41) is 2.93. The first-order valence-electron chi connectivity index (χ1n) is 5.72. The van der Waals surface area contributed by atoms with Gasteiger partial charge < -0.3 is 10.1 Å². The third-order valence-corrected chi connectivity index (χ3v) is 3.46. The molecule has 0 heterocycles. The van der Waals surface area contributed by atoms with Crippen LogP contribution in [0.1, 0.15) is 46.5 Å². The summed E-state index contributed by atoms with van der Waals surface area (Å²) in [4.78, 5) is 22.1. The second kappa shape index (κ2) is 4.77. The van der Waals surface area contributed by atoms with Gasteiger partial charge in [0.2, 0.25) is 5.91 Å². The van der Waals surface area contributed by atoms with E-state index in [0.29, 0.717) is 24.2 Å². The third kappa shape index (κ3) is 3.65. The van der Waals surface area contributed by atoms with Crippen LogP contribution in [0.5, 0.6) is 0 Å². The molecule has 1 amide bonds. The molecule has 0 aromatic heterocycles. The highest BCUT2D eigenvalue weighted by molar-refractivity contribution is 5.83. The van der Waals surface area contributed by atoms with Gasteiger partial charge in [0.25, 0.3) is 0 Å². The zero-order valence-corrected chi connectivity index (χ0v) is 9.93. The van der Waals surface area contributed by atoms with Crippen LogP contribution < -0.4 is 5.32 Å². The van der Waals surface area contributed by atoms with E-state index < -0.39 is 0 Å². The molecular weight excluding hydrogens is 190 g/mol. The molecule has 1 rings (SSSR count). The molecule has 0 aliphatic heterocycles. The third-order valence-electron chi connectivity index (χ3n) is 3.46. The predicted molar refractivity (Wildman–Crippen MR) is 59.4 cm³/mol. The van der Waals surface area contributed by atoms with Crippen LogP contribution in [-0.2, 0) is 9.59 Å². The molecule has 15 heavy (non-hydrogen) atoms. The van der Waals surface area contributed by atoms with E-state index in [2.05, 4.69) is 19.2 Å². The molecule has 0 radical (unpaired) electrons. The number of carbonyl (C=O) groups excluding carboxylic acids is 2. The van der Waals surface area contributed by atoms with Gasteiger partial charge in [0.05, 0.1) is 0 Å². The molecule has 1 aliphatic rings. The maximum absolute atomic E-state index is 11.4. The number of carbonyl (C=O) groups is 2. The Labute approximate surface area is 91.6 Å². The van der Waals surface area contributed by atoms with Gasteiger partial charge in [-0.1, -0.05) is 13.8 Å². The smallest absolute Gasteiger partial charge is 0.220 e. The fraction of sp³-hybridized carbons (Fsp3) is 0.833. The SMILES string of the molecule is CC(=O)CCC(=O)NCC1(C(C)C)CC1. The number of hydrogen-bond donors (Lipinski definition) is 1. The normalized spacial score (nSPS) is 17.6. The maximum Gasteiger partial charge on any atom is 0.220 e. The summed E-state index contributed by atoms with van der Waals surface area (Å²) < 4.78 is 0. The van der Waals surface area contributed by atoms with Crippen molar-refractivity contribution in [2.75, 3.05) is 6.54 Å². The highest BCUT2D eigenvalue weighted by Gasteiger charge is 2.45. The molecule has 0 aromatic rings. The van der Waals surface area contributed by atoms with Gasteiger partial charge in [-0.25, -0.2) is 0 Å². The van der Waals surface area contributed by atoms with Crippen molar-refractivity contribution in [2.24, 2.45) is 11.3 Å². The first-order chi connectivity index (χ1) is 6.96. The largest absolute Gasteiger partial charge is 0.356 e. The van der Waals surface area contributed by atoms with Gasteiger partial charge in [-0.05, 0) is 31.1 Å². The number of rotatable bonds is 6. The van der Waals surface area contributed by atoms with Crippen LogP contribution in [0.25, 0.3) is 0 Å². The fourth-order valence-electron chi connectivity index (χ4n) is 1.77. The second-order valence-electron chi connectivity index (χ2n) is 5.00. The lowest BCUT2D eigenvalue weighted by Gasteiger charge is -2.19. The van der Waals surface area contributed by atoms with Crippen molar-refractivity contribution < 1.29 is 9.59 Å². The number of amides is 1. The lowest BCUT2D eigenvalue weighted by atomic mass is 9.92. The quantitative estimate of drug-likeness (QED) is 0.729. The number of hydrogen-bond acceptors (Lipinski definition) is 2. The molecule has 0 saturated heterocycles. The molecule has 1 N–H and O–H groups in total. The van der Waals surface area contributed by atoms with Crippen molar-refractivity contribution in [2.45, 2.75) is 46.5 Å². The van der Waals surface area contributed by atoms with Crippen molar-refractivity contribution >= 4 is 11.7 Å². The predicted octanol–water partition coefficient (Wildman–Crippen LogP) is 1.91. The number of nitrogens with one attached hydrogen (secondary N) is 1. The van der Waals surface area contributed by atoms with Crippen LogP contribution in [0.3, 0.4) is 0 Å². The molecule has 3 heteroatoms. The van der Waals surface area contributed by atoms with E-state index in [-0.39, 0.29) is 11.7 Å². The van der Waals surface area contributed by atoms with E-state index in [1.165, 1.54) is 19.8 Å². The Balaban J connectivity index is 2.20. The van der Waals surface area contributed by atoms with E-state index in [1.807, 2.05) is 0 Å². The van der Waals surface area contributed by atoms with Gasteiger partial charge >= 0.3 is 0 Å². The van der Waals surface area contributed by atoms with Crippen LogP contribution in [0.4, 0.5) is 0 Å². The van der Waals surface area contributed by atoms with Gasteiger partial charge in [0.15, 0.2) is 0 Å². The standard InChI is InChI=1S/C12H21NO2/c1-9(2)12(6-7-12)8-13-11(15)5-4-10(3)14/h9H,4-8H2,1-3H3,(H,13,15). The molecule has 0 unspecified atom stereocenters. The summed E-state index contributed by atoms with van der Waals surface area (Å²) in [6.45, 7) is 6.70. The second-order valence-corrected chi connectivity index (χ2v) is 5.00. The number of Topliss-reactive ketones (excluding diaryl/α,β-unsaturated/α-hetero) is 1. The van der Waals surface area contributed by atoms with Crippen molar-refractivity contribution in [3.8, 4) is 0 Å². The zero-order valence-electron chi connectivity index (χ0n) is 9.93. The van der Waals surface area contributed by atoms with Crippen LogP contribution in [-0.4, -0.2) is 18.2 Å². The molecule has 86 valence electrons. The Hall–Kier alpha value is -0.860. The Morgan fingerprint density at radius 2 is 1.87 bits per heavy atom. The summed E-state index contributed by atoms with van der Waals surface area (Å²) in [7, 11) is 0. The van der Waals surface area contributed by atoms with Crippen molar-refractivity contribution in [1.29, 1.82) is 0 Å². The minimum atomic E-state index is 0.0112. The Bertz CT molecular complexity index is 254. The molecule has 0 bridgehead atoms. The van der Waals surface area contributed by atoms with E-state index in [0.717, 1.165) is 6.54 Å². The minimum absolute atomic E-state index is 0.0112. The summed E-state index contributed by atoms with van der Waals surface area (Å²) >= 11 is 0. The summed E-state index contributed by atoms with van der Waals surface area (Å²) in [6.07, 6.45) is 3.14. The highest BCUT2D eigenvalue weighted by Crippen LogP contribution is 2.51. The topological polar surface area (TPSA) is 46.2 Å². The van der Waals surface area contributed by atoms with E-state index in [9.17, 15) is 9.59 Å². The number of ketones is 1. The molecule has 1 aliphatic carbocycles. The van der Waals surface area contributed by atoms with Gasteiger partial charge in [-0.2, -0.15) is 0 Å². The monoisotopic (exact) mass is 211 g/mol. The molecule has 0 atom stereocenters. The summed E-state index contributed by atoms with van der Waals surface area (Å²) in [6, 6.07) is 0. The first-order valence-corrected chi connectivity index (χ1v) is 5.72. The van der Waals surface area contributed by atoms with E-state index in [4.69, 9.17) is 0 Å². The van der Waals surface area contributed by atoms with Gasteiger partial charge in [0, 0.05) is 19.4 Å². The Morgan fingerprint density at radius 1 is 1.27 bits per heavy atom. The van der Waals surface area contributed by atoms with Gasteiger partial charge in [-0.15, -0.1) is 0 Å². The van der Waals surface area contributed by atoms with Gasteiger partial charge in [-0.3, -0.25) is 4.79 Å². The molecule has 1 fully saturated rings. The molecule has 1 saturated carbocycles. The average molecular weight is 211 g/mol. The zero-order chi connectivity index (χ0) is 11.5. The molecule has 3 nitrogen and oxygen atoms in total. The van der Waals surface area contributed by atoms with Crippen LogP contribution in [0, 0.1) is 11.3 Å². The van der Waals surface area contributed by atoms with Crippen LogP contribution in [0.2, 0.25) is 0 Å². The average Bonchev–Trinajstić information content (AvgIpc) is 2.92. The van der Waals surface area contributed by atoms with E-state index in [1.54, 1.807) is 0 Å². The van der Waals surface area contributed by atoms with Crippen LogP contribution >= 0.6 is 0 Å². The minimum Gasteiger partial charge on any atom is -0.356 e. The van der Waals surface area contributed by atoms with Crippen LogP contribution in [0.15, 0.2) is 0 Å². The maximum atomic E-state index is 11.4. The Kier molecular flexibility index (Phi) is 3.89. The molecule has 0 aromatic carbocycles. The highest BCUT2D eigenvalue weighted by atomic mass is 16.2. The Morgan fingerprint density at radius 3 is 2.27 bits per heavy atom. The van der Waals surface area contributed by atoms with Crippen molar-refractivity contribution in [3.05, 3.63) is 0 Å². The molecular formula is C12H21NO2. The van der Waals surface area contributed by atoms with Crippen molar-refractivity contribution in [3.63, 3.8) is 0 Å². The molecule has 0 spiro atoms. The summed E-state index contributed by atoms with van der Waals surface area (Å²) in [5.74, 6) is 0.720. The first kappa shape index (κ1) is 12.2. The summed E-state index contributed by atoms with van der Waals surface area (Å²) in [5.41, 5.74) is 0.353.